The van der Waals surface area contributed by atoms with Gasteiger partial charge in [0.1, 0.15) is 23.5 Å². The Balaban J connectivity index is 1.38. The van der Waals surface area contributed by atoms with Crippen molar-refractivity contribution < 1.29 is 18.3 Å². The van der Waals surface area contributed by atoms with Gasteiger partial charge in [0.05, 0.1) is 35.1 Å². The molecule has 4 atom stereocenters. The van der Waals surface area contributed by atoms with Crippen LogP contribution in [0.25, 0.3) is 0 Å². The van der Waals surface area contributed by atoms with E-state index in [0.717, 1.165) is 24.6 Å². The Hall–Kier alpha value is -2.78. The molecule has 34 heavy (non-hydrogen) atoms. The molecule has 0 aromatic heterocycles. The normalized spacial score (nSPS) is 31.0. The number of rotatable bonds is 3. The molecule has 0 spiro atoms. The van der Waals surface area contributed by atoms with Crippen LogP contribution in [0, 0.1) is 11.2 Å². The van der Waals surface area contributed by atoms with Crippen molar-refractivity contribution in [3.05, 3.63) is 51.7 Å². The number of ether oxygens (including phenoxy) is 1. The highest BCUT2D eigenvalue weighted by molar-refractivity contribution is 6.43. The lowest BCUT2D eigenvalue weighted by molar-refractivity contribution is 0.0442. The zero-order chi connectivity index (χ0) is 24.1. The molecule has 10 heteroatoms. The molecule has 3 saturated heterocycles. The number of nitrogens with one attached hydrogen (secondary N) is 3. The minimum Gasteiger partial charge on any atom is -0.486 e. The van der Waals surface area contributed by atoms with Crippen molar-refractivity contribution in [1.82, 2.24) is 15.5 Å². The van der Waals surface area contributed by atoms with Crippen LogP contribution in [0.3, 0.4) is 0 Å². The first-order valence-electron chi connectivity index (χ1n) is 11.4. The van der Waals surface area contributed by atoms with E-state index < -0.39 is 24.0 Å². The number of halogens is 3. The summed E-state index contributed by atoms with van der Waals surface area (Å²) in [6, 6.07) is 3.57. The number of hydrogen-bond acceptors (Lipinski definition) is 6. The molecule has 0 aliphatic carbocycles. The van der Waals surface area contributed by atoms with Gasteiger partial charge in [0.25, 0.3) is 5.91 Å². The number of carbonyl (C=O) groups excluding carboxylic acids is 1. The topological polar surface area (TPSA) is 89.8 Å². The lowest BCUT2D eigenvalue weighted by atomic mass is 10.00. The number of carbonyl (C=O) groups is 1. The third-order valence-corrected chi connectivity index (χ3v) is 7.41. The van der Waals surface area contributed by atoms with Crippen molar-refractivity contribution in [2.75, 3.05) is 13.1 Å². The van der Waals surface area contributed by atoms with Gasteiger partial charge in [0.15, 0.2) is 6.17 Å². The summed E-state index contributed by atoms with van der Waals surface area (Å²) in [5.41, 5.74) is 2.33. The van der Waals surface area contributed by atoms with E-state index in [0.29, 0.717) is 28.6 Å². The standard InChI is InChI=1S/C24H26ClF2N5O2/c1-11-21(25)12(2)30-23(29-11)16-9-32(10-17(16)28)24(33)15-5-3-13(26)7-19(15)34-20-8-14-4-6-18(31-14)22(20)27/h3,5,7,14,18,20,22,28-29,31H,4,6,8-10H2,1-2H3/b23-16+,28-17?. The minimum absolute atomic E-state index is 0.0294. The van der Waals surface area contributed by atoms with E-state index in [1.54, 1.807) is 6.92 Å². The smallest absolute Gasteiger partial charge is 0.258 e. The predicted octanol–water partition coefficient (Wildman–Crippen LogP) is 3.66. The molecular formula is C24H26ClF2N5O2. The average Bonchev–Trinajstić information content (AvgIpc) is 3.39. The zero-order valence-electron chi connectivity index (χ0n) is 18.9. The van der Waals surface area contributed by atoms with Crippen LogP contribution in [0.15, 0.2) is 45.3 Å². The number of piperidine rings is 1. The van der Waals surface area contributed by atoms with E-state index in [1.807, 2.05) is 6.92 Å². The fraction of sp³-hybridized carbons (Fsp3) is 0.458. The van der Waals surface area contributed by atoms with Gasteiger partial charge in [-0.25, -0.2) is 13.8 Å². The number of amides is 1. The van der Waals surface area contributed by atoms with Gasteiger partial charge >= 0.3 is 0 Å². The van der Waals surface area contributed by atoms with Gasteiger partial charge in [-0.15, -0.1) is 0 Å². The molecule has 0 saturated carbocycles. The first-order chi connectivity index (χ1) is 16.2. The highest BCUT2D eigenvalue weighted by atomic mass is 35.5. The molecule has 3 N–H and O–H groups in total. The van der Waals surface area contributed by atoms with E-state index in [1.165, 1.54) is 17.0 Å². The van der Waals surface area contributed by atoms with Crippen molar-refractivity contribution in [3.63, 3.8) is 0 Å². The van der Waals surface area contributed by atoms with Crippen LogP contribution in [-0.2, 0) is 0 Å². The molecule has 4 aliphatic rings. The molecule has 5 rings (SSSR count). The number of benzene rings is 1. The maximum absolute atomic E-state index is 14.9. The van der Waals surface area contributed by atoms with Crippen LogP contribution in [0.2, 0.25) is 0 Å². The van der Waals surface area contributed by atoms with E-state index in [-0.39, 0.29) is 42.2 Å². The summed E-state index contributed by atoms with van der Waals surface area (Å²) in [5, 5.41) is 15.3. The first kappa shape index (κ1) is 23.0. The monoisotopic (exact) mass is 489 g/mol. The second-order valence-electron chi connectivity index (χ2n) is 9.25. The van der Waals surface area contributed by atoms with Crippen LogP contribution < -0.4 is 15.4 Å². The van der Waals surface area contributed by atoms with Gasteiger partial charge in [0, 0.05) is 35.8 Å². The summed E-state index contributed by atoms with van der Waals surface area (Å²) < 4.78 is 34.9. The number of likely N-dealkylation sites (tertiary alicyclic amines) is 1. The molecule has 180 valence electrons. The Morgan fingerprint density at radius 3 is 2.85 bits per heavy atom. The molecule has 3 fully saturated rings. The van der Waals surface area contributed by atoms with E-state index >= 15 is 0 Å². The lowest BCUT2D eigenvalue weighted by Gasteiger charge is -2.33. The Morgan fingerprint density at radius 2 is 2.09 bits per heavy atom. The highest BCUT2D eigenvalue weighted by Crippen LogP contribution is 2.34. The summed E-state index contributed by atoms with van der Waals surface area (Å²) in [6.07, 6.45) is 0.102. The Labute approximate surface area is 201 Å². The number of hydrogen-bond donors (Lipinski definition) is 3. The molecule has 4 heterocycles. The maximum Gasteiger partial charge on any atom is 0.258 e. The SMILES string of the molecule is CC1=N/C(=C2\CN(C(=O)c3ccc(F)cc3OC3CC4CCC(N4)C3F)CC2=N)NC(C)=C1Cl. The second-order valence-corrected chi connectivity index (χ2v) is 9.63. The quantitative estimate of drug-likeness (QED) is 0.604. The van der Waals surface area contributed by atoms with Crippen molar-refractivity contribution in [2.45, 2.75) is 57.5 Å². The van der Waals surface area contributed by atoms with Crippen molar-refractivity contribution >= 4 is 28.9 Å². The zero-order valence-corrected chi connectivity index (χ0v) is 19.7. The number of allylic oxidation sites excluding steroid dienone is 2. The van der Waals surface area contributed by atoms with Crippen LogP contribution in [-0.4, -0.2) is 59.7 Å². The molecule has 1 amide bonds. The largest absolute Gasteiger partial charge is 0.486 e. The molecule has 0 radical (unpaired) electrons. The molecule has 1 aromatic rings. The summed E-state index contributed by atoms with van der Waals surface area (Å²) >= 11 is 6.20. The van der Waals surface area contributed by atoms with E-state index in [9.17, 15) is 13.6 Å². The molecule has 4 aliphatic heterocycles. The molecule has 7 nitrogen and oxygen atoms in total. The van der Waals surface area contributed by atoms with Crippen LogP contribution in [0.1, 0.15) is 43.5 Å². The van der Waals surface area contributed by atoms with Gasteiger partial charge < -0.3 is 25.7 Å². The van der Waals surface area contributed by atoms with E-state index in [2.05, 4.69) is 15.6 Å². The van der Waals surface area contributed by atoms with Crippen molar-refractivity contribution in [3.8, 4) is 5.75 Å². The van der Waals surface area contributed by atoms with Crippen molar-refractivity contribution in [2.24, 2.45) is 4.99 Å². The number of alkyl halides is 1. The first-order valence-corrected chi connectivity index (χ1v) is 11.7. The number of aliphatic imine (C=N–C) groups is 1. The van der Waals surface area contributed by atoms with Crippen LogP contribution in [0.4, 0.5) is 8.78 Å². The summed E-state index contributed by atoms with van der Waals surface area (Å²) in [5.74, 6) is -0.460. The van der Waals surface area contributed by atoms with Crippen LogP contribution in [0.5, 0.6) is 5.75 Å². The van der Waals surface area contributed by atoms with Gasteiger partial charge in [-0.1, -0.05) is 11.6 Å². The van der Waals surface area contributed by atoms with Gasteiger partial charge in [-0.3, -0.25) is 4.79 Å². The Bertz CT molecular complexity index is 1160. The van der Waals surface area contributed by atoms with Gasteiger partial charge in [-0.2, -0.15) is 0 Å². The average molecular weight is 490 g/mol. The van der Waals surface area contributed by atoms with Crippen LogP contribution >= 0.6 is 11.6 Å². The molecular weight excluding hydrogens is 464 g/mol. The molecule has 1 aromatic carbocycles. The second kappa shape index (κ2) is 8.78. The maximum atomic E-state index is 14.9. The Morgan fingerprint density at radius 1 is 1.29 bits per heavy atom. The lowest BCUT2D eigenvalue weighted by Crippen LogP contribution is -2.51. The highest BCUT2D eigenvalue weighted by Gasteiger charge is 2.43. The summed E-state index contributed by atoms with van der Waals surface area (Å²) in [4.78, 5) is 19.3. The minimum atomic E-state index is -1.23. The van der Waals surface area contributed by atoms with E-state index in [4.69, 9.17) is 21.7 Å². The number of nitrogens with zero attached hydrogens (tertiary/aromatic N) is 2. The van der Waals surface area contributed by atoms with Crippen molar-refractivity contribution in [1.29, 1.82) is 5.41 Å². The molecule has 4 unspecified atom stereocenters. The number of fused-ring (bicyclic) bond motifs is 2. The third-order valence-electron chi connectivity index (χ3n) is 6.85. The van der Waals surface area contributed by atoms with Gasteiger partial charge in [0.2, 0.25) is 0 Å². The fourth-order valence-corrected chi connectivity index (χ4v) is 5.14. The predicted molar refractivity (Wildman–Crippen MR) is 126 cm³/mol. The fourth-order valence-electron chi connectivity index (χ4n) is 5.06. The summed E-state index contributed by atoms with van der Waals surface area (Å²) in [6.45, 7) is 3.82. The Kier molecular flexibility index (Phi) is 5.93. The summed E-state index contributed by atoms with van der Waals surface area (Å²) in [7, 11) is 0. The third kappa shape index (κ3) is 4.11. The molecule has 2 bridgehead atoms. The van der Waals surface area contributed by atoms with Gasteiger partial charge in [-0.05, 0) is 38.8 Å².